The SMILES string of the molecule is [C-]#[N+]c1cc(C(C)C)c2oc(-c3ccc(C(=O)NCC4(c5ccccc5)CCN(C(=O)CC(C)(C)C)CC4)cc3)nc2c1. The van der Waals surface area contributed by atoms with Gasteiger partial charge in [-0.25, -0.2) is 9.83 Å². The van der Waals surface area contributed by atoms with Gasteiger partial charge >= 0.3 is 0 Å². The number of nitrogens with one attached hydrogen (secondary N) is 1. The van der Waals surface area contributed by atoms with Crippen molar-refractivity contribution in [2.75, 3.05) is 19.6 Å². The maximum absolute atomic E-state index is 13.3. The van der Waals surface area contributed by atoms with E-state index in [1.54, 1.807) is 18.2 Å². The summed E-state index contributed by atoms with van der Waals surface area (Å²) in [6, 6.07) is 21.2. The molecule has 1 N–H and O–H groups in total. The standard InChI is InChI=1S/C36H40N4O3/c1-24(2)29-20-28(37-6)21-30-32(29)43-34(39-30)26-14-12-25(13-15-26)33(42)38-23-36(27-10-8-7-9-11-27)16-18-40(19-17-36)31(41)22-35(3,4)5/h7-15,20-21,24H,16-19,22-23H2,1-5H3,(H,38,42). The molecule has 2 amide bonds. The van der Waals surface area contributed by atoms with Crippen molar-refractivity contribution in [1.29, 1.82) is 0 Å². The quantitative estimate of drug-likeness (QED) is 0.227. The van der Waals surface area contributed by atoms with Gasteiger partial charge in [0.15, 0.2) is 11.3 Å². The molecule has 3 aromatic carbocycles. The second kappa shape index (κ2) is 12.0. The zero-order valence-corrected chi connectivity index (χ0v) is 25.7. The van der Waals surface area contributed by atoms with E-state index in [0.29, 0.717) is 54.3 Å². The summed E-state index contributed by atoms with van der Waals surface area (Å²) < 4.78 is 6.14. The van der Waals surface area contributed by atoms with Crippen molar-refractivity contribution in [2.45, 2.75) is 65.2 Å². The number of hydrogen-bond donors (Lipinski definition) is 1. The predicted molar refractivity (Wildman–Crippen MR) is 170 cm³/mol. The van der Waals surface area contributed by atoms with E-state index in [2.05, 4.69) is 61.9 Å². The van der Waals surface area contributed by atoms with E-state index in [1.165, 1.54) is 5.56 Å². The molecule has 7 heteroatoms. The second-order valence-electron chi connectivity index (χ2n) is 13.2. The molecule has 1 aliphatic rings. The van der Waals surface area contributed by atoms with Gasteiger partial charge in [0.1, 0.15) is 0 Å². The van der Waals surface area contributed by atoms with E-state index < -0.39 is 0 Å². The van der Waals surface area contributed by atoms with Gasteiger partial charge in [-0.2, -0.15) is 0 Å². The maximum atomic E-state index is 13.3. The Morgan fingerprint density at radius 1 is 1.05 bits per heavy atom. The molecule has 43 heavy (non-hydrogen) atoms. The van der Waals surface area contributed by atoms with E-state index in [0.717, 1.165) is 24.0 Å². The van der Waals surface area contributed by atoms with Gasteiger partial charge in [0, 0.05) is 42.6 Å². The molecule has 0 atom stereocenters. The molecule has 7 nitrogen and oxygen atoms in total. The number of amides is 2. The van der Waals surface area contributed by atoms with Crippen molar-refractivity contribution in [3.05, 3.63) is 94.8 Å². The number of likely N-dealkylation sites (tertiary alicyclic amines) is 1. The molecule has 0 bridgehead atoms. The maximum Gasteiger partial charge on any atom is 0.251 e. The number of rotatable bonds is 7. The van der Waals surface area contributed by atoms with Crippen LogP contribution in [0.5, 0.6) is 0 Å². The van der Waals surface area contributed by atoms with Gasteiger partial charge in [0.2, 0.25) is 11.8 Å². The zero-order valence-electron chi connectivity index (χ0n) is 25.7. The Bertz CT molecular complexity index is 1650. The summed E-state index contributed by atoms with van der Waals surface area (Å²) in [6.07, 6.45) is 2.11. The highest BCUT2D eigenvalue weighted by molar-refractivity contribution is 5.94. The highest BCUT2D eigenvalue weighted by Crippen LogP contribution is 2.37. The fraction of sp³-hybridized carbons (Fsp3) is 0.389. The van der Waals surface area contributed by atoms with Crippen LogP contribution in [-0.4, -0.2) is 41.3 Å². The number of aromatic nitrogens is 1. The number of carbonyl (C=O) groups excluding carboxylic acids is 2. The molecular formula is C36H40N4O3. The van der Waals surface area contributed by atoms with Gasteiger partial charge in [-0.3, -0.25) is 9.59 Å². The molecule has 0 radical (unpaired) electrons. The molecule has 1 aromatic heterocycles. The van der Waals surface area contributed by atoms with Gasteiger partial charge < -0.3 is 14.6 Å². The molecule has 4 aromatic rings. The van der Waals surface area contributed by atoms with Crippen LogP contribution in [0.15, 0.2) is 71.1 Å². The smallest absolute Gasteiger partial charge is 0.251 e. The molecule has 0 unspecified atom stereocenters. The average molecular weight is 577 g/mol. The summed E-state index contributed by atoms with van der Waals surface area (Å²) in [7, 11) is 0. The Labute approximate surface area is 254 Å². The van der Waals surface area contributed by atoms with E-state index in [-0.39, 0.29) is 28.6 Å². The molecule has 0 aliphatic carbocycles. The van der Waals surface area contributed by atoms with Crippen LogP contribution in [0.4, 0.5) is 5.69 Å². The fourth-order valence-electron chi connectivity index (χ4n) is 5.88. The van der Waals surface area contributed by atoms with E-state index in [4.69, 9.17) is 11.0 Å². The first-order chi connectivity index (χ1) is 20.5. The first-order valence-electron chi connectivity index (χ1n) is 15.0. The highest BCUT2D eigenvalue weighted by atomic mass is 16.3. The largest absolute Gasteiger partial charge is 0.436 e. The van der Waals surface area contributed by atoms with E-state index in [9.17, 15) is 9.59 Å². The van der Waals surface area contributed by atoms with E-state index in [1.807, 2.05) is 41.3 Å². The van der Waals surface area contributed by atoms with Crippen molar-refractivity contribution in [1.82, 2.24) is 15.2 Å². The Morgan fingerprint density at radius 3 is 2.33 bits per heavy atom. The fourth-order valence-corrected chi connectivity index (χ4v) is 5.88. The first-order valence-corrected chi connectivity index (χ1v) is 15.0. The third-order valence-electron chi connectivity index (χ3n) is 8.38. The molecule has 2 heterocycles. The number of benzene rings is 3. The van der Waals surface area contributed by atoms with Crippen LogP contribution in [0.25, 0.3) is 27.4 Å². The Balaban J connectivity index is 1.30. The Morgan fingerprint density at radius 2 is 1.72 bits per heavy atom. The topological polar surface area (TPSA) is 79.8 Å². The molecule has 1 saturated heterocycles. The van der Waals surface area contributed by atoms with Crippen molar-refractivity contribution < 1.29 is 14.0 Å². The monoisotopic (exact) mass is 576 g/mol. The van der Waals surface area contributed by atoms with Gasteiger partial charge in [-0.15, -0.1) is 0 Å². The van der Waals surface area contributed by atoms with Gasteiger partial charge in [0.25, 0.3) is 5.91 Å². The summed E-state index contributed by atoms with van der Waals surface area (Å²) in [6.45, 7) is 19.7. The average Bonchev–Trinajstić information content (AvgIpc) is 3.43. The van der Waals surface area contributed by atoms with Crippen molar-refractivity contribution in [3.63, 3.8) is 0 Å². The zero-order chi connectivity index (χ0) is 30.8. The second-order valence-corrected chi connectivity index (χ2v) is 13.2. The third kappa shape index (κ3) is 6.64. The lowest BCUT2D eigenvalue weighted by molar-refractivity contribution is -0.134. The summed E-state index contributed by atoms with van der Waals surface area (Å²) in [5.74, 6) is 0.701. The minimum absolute atomic E-state index is 0.0476. The van der Waals surface area contributed by atoms with Crippen LogP contribution in [0.1, 0.15) is 81.3 Å². The lowest BCUT2D eigenvalue weighted by atomic mass is 9.72. The predicted octanol–water partition coefficient (Wildman–Crippen LogP) is 7.90. The van der Waals surface area contributed by atoms with Crippen LogP contribution in [0.3, 0.4) is 0 Å². The molecule has 5 rings (SSSR count). The molecule has 0 spiro atoms. The van der Waals surface area contributed by atoms with Crippen LogP contribution < -0.4 is 5.32 Å². The number of piperidine rings is 1. The van der Waals surface area contributed by atoms with E-state index >= 15 is 0 Å². The van der Waals surface area contributed by atoms with Crippen LogP contribution >= 0.6 is 0 Å². The molecular weight excluding hydrogens is 536 g/mol. The van der Waals surface area contributed by atoms with Gasteiger partial charge in [0.05, 0.1) is 12.1 Å². The minimum atomic E-state index is -0.244. The molecule has 0 saturated carbocycles. The number of oxazole rings is 1. The molecule has 1 fully saturated rings. The van der Waals surface area contributed by atoms with Crippen LogP contribution in [0.2, 0.25) is 0 Å². The van der Waals surface area contributed by atoms with Crippen LogP contribution in [0, 0.1) is 12.0 Å². The number of carbonyl (C=O) groups is 2. The Kier molecular flexibility index (Phi) is 8.41. The highest BCUT2D eigenvalue weighted by Gasteiger charge is 2.38. The first kappa shape index (κ1) is 30.0. The normalized spacial score (nSPS) is 15.0. The summed E-state index contributed by atoms with van der Waals surface area (Å²) in [5, 5.41) is 3.19. The summed E-state index contributed by atoms with van der Waals surface area (Å²) in [4.78, 5) is 36.4. The van der Waals surface area contributed by atoms with Gasteiger partial charge in [-0.05, 0) is 71.7 Å². The minimum Gasteiger partial charge on any atom is -0.436 e. The van der Waals surface area contributed by atoms with Gasteiger partial charge in [-0.1, -0.05) is 65.0 Å². The van der Waals surface area contributed by atoms with Crippen molar-refractivity contribution >= 4 is 28.6 Å². The lowest BCUT2D eigenvalue weighted by Crippen LogP contribution is -2.50. The van der Waals surface area contributed by atoms with Crippen LogP contribution in [-0.2, 0) is 10.2 Å². The third-order valence-corrected chi connectivity index (χ3v) is 8.38. The summed E-state index contributed by atoms with van der Waals surface area (Å²) in [5.41, 5.74) is 5.06. The van der Waals surface area contributed by atoms with Crippen molar-refractivity contribution in [3.8, 4) is 11.5 Å². The number of hydrogen-bond acceptors (Lipinski definition) is 4. The summed E-state index contributed by atoms with van der Waals surface area (Å²) >= 11 is 0. The van der Waals surface area contributed by atoms with Crippen molar-refractivity contribution in [2.24, 2.45) is 5.41 Å². The lowest BCUT2D eigenvalue weighted by Gasteiger charge is -2.43. The molecule has 1 aliphatic heterocycles. The number of fused-ring (bicyclic) bond motifs is 1. The molecule has 222 valence electrons. The Hall–Kier alpha value is -4.44. The number of nitrogens with zero attached hydrogens (tertiary/aromatic N) is 3.